The number of amides is 2. The fourth-order valence-corrected chi connectivity index (χ4v) is 14.7. The number of hydrogen-bond acceptors (Lipinski definition) is 18. The molecular weight excluding hydrogens is 1700 g/mol. The van der Waals surface area contributed by atoms with Crippen molar-refractivity contribution in [2.45, 2.75) is 224 Å². The van der Waals surface area contributed by atoms with Crippen LogP contribution in [0.1, 0.15) is 284 Å². The van der Waals surface area contributed by atoms with Gasteiger partial charge >= 0.3 is 5.76 Å². The summed E-state index contributed by atoms with van der Waals surface area (Å²) in [4.78, 5) is 75.1. The summed E-state index contributed by atoms with van der Waals surface area (Å²) in [5.74, 6) is 8.00. The number of anilines is 2. The smallest absolute Gasteiger partial charge is 0.418 e. The van der Waals surface area contributed by atoms with Crippen molar-refractivity contribution < 1.29 is 28.2 Å². The quantitative estimate of drug-likeness (QED) is 0.0633. The maximum atomic E-state index is 11.1. The lowest BCUT2D eigenvalue weighted by Crippen LogP contribution is -2.25. The van der Waals surface area contributed by atoms with Gasteiger partial charge in [-0.05, 0) is 241 Å². The summed E-state index contributed by atoms with van der Waals surface area (Å²) in [5.41, 5.74) is 28.1. The van der Waals surface area contributed by atoms with E-state index in [0.29, 0.717) is 96.0 Å². The van der Waals surface area contributed by atoms with Crippen LogP contribution in [0.15, 0.2) is 247 Å². The largest absolute Gasteiger partial charge is 0.486 e. The Hall–Kier alpha value is -14.1. The van der Waals surface area contributed by atoms with Crippen molar-refractivity contribution in [3.63, 3.8) is 0 Å². The predicted octanol–water partition coefficient (Wildman–Crippen LogP) is 27.2. The highest BCUT2D eigenvalue weighted by Gasteiger charge is 2.20. The van der Waals surface area contributed by atoms with Crippen LogP contribution >= 0.6 is 11.3 Å². The number of oxazole rings is 1. The van der Waals surface area contributed by atoms with Crippen LogP contribution in [0.5, 0.6) is 17.2 Å². The summed E-state index contributed by atoms with van der Waals surface area (Å²) in [7, 11) is 0. The SMILES string of the molecule is CC(C)c1ccc2[nH]ncc2c1.CC(C)c1ccc2c(c1)CC(=O)N2.CC(C)c1ccc2c(c1)OCC(=O)N2.CC(C)c1ccc2c(c1)OCCO2.CC(C)c1ccc2nc[nH]c2c1.CC(C)c1ccc2nccnc2c1.CC(C)c1ccc2scnc2c1.CC(C)c1cccnc1.CC(C)c1cnc2[nH]c(=O)oc2c1.CC(C)c1cnc2[nH]ccc2c1.CC(C)c1cnc2[nH]ncc2c1. The second-order valence-electron chi connectivity index (χ2n) is 36.8. The van der Waals surface area contributed by atoms with E-state index in [-0.39, 0.29) is 18.4 Å². The van der Waals surface area contributed by atoms with Gasteiger partial charge in [-0.3, -0.25) is 39.7 Å². The molecule has 135 heavy (non-hydrogen) atoms. The number of imidazole rings is 1. The minimum atomic E-state index is -0.455. The monoisotopic (exact) mass is 1830 g/mol. The van der Waals surface area contributed by atoms with Crippen LogP contribution in [-0.4, -0.2) is 107 Å². The zero-order valence-electron chi connectivity index (χ0n) is 81.9. The molecule has 0 unspecified atom stereocenters. The number of carbonyl (C=O) groups is 2. The van der Waals surface area contributed by atoms with Crippen LogP contribution in [0.4, 0.5) is 11.4 Å². The number of ether oxygens (including phenoxy) is 3. The highest BCUT2D eigenvalue weighted by atomic mass is 32.1. The molecular formula is C110H131N17O7S. The van der Waals surface area contributed by atoms with Crippen molar-refractivity contribution in [2.75, 3.05) is 30.5 Å². The first-order chi connectivity index (χ1) is 64.7. The van der Waals surface area contributed by atoms with Gasteiger partial charge in [-0.2, -0.15) is 10.2 Å². The number of benzene rings is 7. The Morgan fingerprint density at radius 3 is 1.50 bits per heavy atom. The topological polar surface area (TPSA) is 324 Å². The third-order valence-corrected chi connectivity index (χ3v) is 23.6. The van der Waals surface area contributed by atoms with E-state index in [9.17, 15) is 14.4 Å². The third-order valence-electron chi connectivity index (χ3n) is 22.8. The van der Waals surface area contributed by atoms with E-state index < -0.39 is 5.76 Å². The molecule has 0 bridgehead atoms. The van der Waals surface area contributed by atoms with Crippen LogP contribution in [0.2, 0.25) is 0 Å². The Morgan fingerprint density at radius 2 is 0.852 bits per heavy atom. The van der Waals surface area contributed by atoms with Crippen molar-refractivity contribution in [1.29, 1.82) is 0 Å². The molecule has 18 aromatic rings. The van der Waals surface area contributed by atoms with Crippen molar-refractivity contribution in [3.05, 3.63) is 315 Å². The Kier molecular flexibility index (Phi) is 36.9. The van der Waals surface area contributed by atoms with Gasteiger partial charge in [0.05, 0.1) is 74.1 Å². The molecule has 0 radical (unpaired) electrons. The van der Waals surface area contributed by atoms with Gasteiger partial charge in [-0.25, -0.2) is 29.7 Å². The molecule has 0 saturated carbocycles. The summed E-state index contributed by atoms with van der Waals surface area (Å²) in [6, 6.07) is 56.0. The fraction of sp³-hybridized carbons (Fsp3) is 0.336. The maximum Gasteiger partial charge on any atom is 0.418 e. The zero-order valence-corrected chi connectivity index (χ0v) is 82.8. The first-order valence-electron chi connectivity index (χ1n) is 46.6. The van der Waals surface area contributed by atoms with Gasteiger partial charge in [0.1, 0.15) is 24.6 Å². The number of pyridine rings is 4. The van der Waals surface area contributed by atoms with E-state index in [1.165, 1.54) is 71.1 Å². The summed E-state index contributed by atoms with van der Waals surface area (Å²) in [6.45, 7) is 49.0. The Labute approximate surface area is 796 Å². The lowest BCUT2D eigenvalue weighted by molar-refractivity contribution is -0.118. The van der Waals surface area contributed by atoms with Crippen LogP contribution in [-0.2, 0) is 16.0 Å². The van der Waals surface area contributed by atoms with Crippen molar-refractivity contribution in [3.8, 4) is 17.2 Å². The molecule has 2 amide bonds. The van der Waals surface area contributed by atoms with E-state index in [0.717, 1.165) is 89.5 Å². The van der Waals surface area contributed by atoms with Gasteiger partial charge in [-0.15, -0.1) is 11.3 Å². The van der Waals surface area contributed by atoms with Crippen molar-refractivity contribution in [2.24, 2.45) is 0 Å². The van der Waals surface area contributed by atoms with Gasteiger partial charge in [0.2, 0.25) is 5.91 Å². The highest BCUT2D eigenvalue weighted by Crippen LogP contribution is 2.35. The predicted molar refractivity (Wildman–Crippen MR) is 552 cm³/mol. The second-order valence-corrected chi connectivity index (χ2v) is 37.7. The summed E-state index contributed by atoms with van der Waals surface area (Å²) >= 11 is 1.70. The first-order valence-corrected chi connectivity index (χ1v) is 47.5. The Morgan fingerprint density at radius 1 is 0.341 bits per heavy atom. The summed E-state index contributed by atoms with van der Waals surface area (Å²) in [6.07, 6.45) is 20.6. The number of thiazole rings is 1. The molecule has 0 saturated heterocycles. The molecule has 14 heterocycles. The van der Waals surface area contributed by atoms with Gasteiger partial charge in [0.15, 0.2) is 35.0 Å². The van der Waals surface area contributed by atoms with Crippen molar-refractivity contribution >= 4 is 111 Å². The molecule has 704 valence electrons. The number of aromatic amines is 5. The highest BCUT2D eigenvalue weighted by molar-refractivity contribution is 7.16. The Balaban J connectivity index is 0.000000143. The molecule has 7 N–H and O–H groups in total. The standard InChI is InChI=1S/C11H12N2.C11H13NO2.C11H13NO.C11H14O2.3C10H12N2.C10H11NS.C9H11N3.C9H10N2O2.C8H11N/c1-8(2)9-3-4-10-11(7-9)13-6-5-12-10;1-7(2)8-3-4-9-10(5-8)14-6-11(13)12-9;1-7(2)8-3-4-10-9(5-8)6-11(13)12-10;1-8(2)9-3-4-10-11(7-9)13-6-5-12-10;1-7(2)9-5-8-3-4-11-10(8)12-6-9;1-7(2)8-3-4-10-9(5-8)6-11-12-10;1-7(2)8-3-4-9-10(5-8)12-6-11-9;1-7(2)8-3-4-10-9(5-8)11-6-12-10;1-6(2)7-3-8-5-11-12-9(8)10-4-7;1-5(2)6-3-7-8(10-4-6)11-9(12)13-7;1-7(2)8-4-3-5-9-6-8/h3-8H,1-2H3;3-5,7H,6H2,1-2H3,(H,12,13);3-5,7H,6H2,1-2H3,(H,12,13);3-4,7-8H,5-6H2,1-2H3;3*3-7H,1-2H3,(H,11,12);3-7H,1-2H3;3-6H,1-2H3,(H,10,11,12);3-5H,1-2H3,(H,10,11,12);3-7H,1-2H3. The number of fused-ring (bicyclic) bond motifs is 10. The van der Waals surface area contributed by atoms with Crippen LogP contribution in [0, 0.1) is 0 Å². The number of rotatable bonds is 11. The number of hydrogen-bond donors (Lipinski definition) is 7. The molecule has 11 aromatic heterocycles. The van der Waals surface area contributed by atoms with Crippen molar-refractivity contribution in [1.82, 2.24) is 75.2 Å². The molecule has 7 aromatic carbocycles. The summed E-state index contributed by atoms with van der Waals surface area (Å²) < 4.78 is 22.4. The zero-order chi connectivity index (χ0) is 96.9. The molecule has 0 atom stereocenters. The maximum absolute atomic E-state index is 11.1. The molecule has 0 aliphatic carbocycles. The van der Waals surface area contributed by atoms with Gasteiger partial charge in [0, 0.05) is 71.4 Å². The molecule has 3 aliphatic rings. The van der Waals surface area contributed by atoms with E-state index in [1.54, 1.807) is 48.6 Å². The minimum Gasteiger partial charge on any atom is -0.486 e. The fourth-order valence-electron chi connectivity index (χ4n) is 14.0. The number of H-pyrrole nitrogens is 5. The number of aromatic nitrogens is 15. The molecule has 3 aliphatic heterocycles. The lowest BCUT2D eigenvalue weighted by atomic mass is 10.00. The van der Waals surface area contributed by atoms with Crippen LogP contribution in [0.25, 0.3) is 76.5 Å². The molecule has 25 heteroatoms. The normalized spacial score (nSPS) is 12.2. The first kappa shape index (κ1) is 101. The number of nitrogens with one attached hydrogen (secondary N) is 7. The number of nitrogens with zero attached hydrogens (tertiary/aromatic N) is 10. The van der Waals surface area contributed by atoms with E-state index >= 15 is 0 Å². The van der Waals surface area contributed by atoms with Gasteiger partial charge in [-0.1, -0.05) is 207 Å². The van der Waals surface area contributed by atoms with E-state index in [4.69, 9.17) is 18.6 Å². The molecule has 24 nitrogen and oxygen atoms in total. The molecule has 21 rings (SSSR count). The van der Waals surface area contributed by atoms with Crippen LogP contribution < -0.4 is 30.6 Å². The average Bonchev–Trinajstić information content (AvgIpc) is 1.78. The molecule has 0 spiro atoms. The molecule has 0 fully saturated rings. The average molecular weight is 1840 g/mol. The summed E-state index contributed by atoms with van der Waals surface area (Å²) in [5, 5.41) is 22.7. The van der Waals surface area contributed by atoms with E-state index in [2.05, 4.69) is 347 Å². The van der Waals surface area contributed by atoms with Gasteiger partial charge in [0.25, 0.3) is 5.91 Å². The second kappa shape index (κ2) is 49.1. The third kappa shape index (κ3) is 29.7. The van der Waals surface area contributed by atoms with E-state index in [1.807, 2.05) is 91.1 Å². The van der Waals surface area contributed by atoms with Gasteiger partial charge < -0.3 is 39.2 Å². The number of carbonyl (C=O) groups excluding carboxylic acids is 2. The minimum absolute atomic E-state index is 0.0882. The Bertz CT molecular complexity index is 6420. The lowest BCUT2D eigenvalue weighted by Gasteiger charge is -2.19. The van der Waals surface area contributed by atoms with Crippen LogP contribution in [0.3, 0.4) is 0 Å².